The number of rotatable bonds is 8. The van der Waals surface area contributed by atoms with Gasteiger partial charge in [0.2, 0.25) is 5.91 Å². The molecule has 21 heavy (non-hydrogen) atoms. The van der Waals surface area contributed by atoms with Gasteiger partial charge in [0.1, 0.15) is 6.61 Å². The quantitative estimate of drug-likeness (QED) is 0.722. The van der Waals surface area contributed by atoms with Gasteiger partial charge in [-0.15, -0.1) is 0 Å². The summed E-state index contributed by atoms with van der Waals surface area (Å²) in [5.41, 5.74) is -0.867. The molecule has 5 heteroatoms. The van der Waals surface area contributed by atoms with E-state index in [1.165, 1.54) is 6.42 Å². The first-order chi connectivity index (χ1) is 9.95. The molecule has 0 aromatic heterocycles. The molecule has 0 aliphatic heterocycles. The van der Waals surface area contributed by atoms with Crippen LogP contribution in [0.2, 0.25) is 0 Å². The number of carboxylic acid groups (broad SMARTS) is 1. The van der Waals surface area contributed by atoms with E-state index in [4.69, 9.17) is 4.74 Å². The number of aliphatic carboxylic acids is 1. The fourth-order valence-electron chi connectivity index (χ4n) is 2.91. The Kier molecular flexibility index (Phi) is 7.15. The van der Waals surface area contributed by atoms with Gasteiger partial charge in [-0.05, 0) is 31.6 Å². The molecule has 2 atom stereocenters. The third-order valence-electron chi connectivity index (χ3n) is 4.89. The molecule has 0 aromatic carbocycles. The highest BCUT2D eigenvalue weighted by Crippen LogP contribution is 2.27. The second kappa shape index (κ2) is 8.37. The molecule has 2 unspecified atom stereocenters. The van der Waals surface area contributed by atoms with E-state index in [1.807, 2.05) is 13.8 Å². The van der Waals surface area contributed by atoms with Crippen molar-refractivity contribution in [2.75, 3.05) is 13.2 Å². The van der Waals surface area contributed by atoms with Gasteiger partial charge in [-0.1, -0.05) is 33.6 Å². The molecule has 122 valence electrons. The number of hydrogen-bond donors (Lipinski definition) is 2. The maximum absolute atomic E-state index is 11.9. The summed E-state index contributed by atoms with van der Waals surface area (Å²) in [5, 5.41) is 12.0. The average Bonchev–Trinajstić information content (AvgIpc) is 2.47. The highest BCUT2D eigenvalue weighted by atomic mass is 16.5. The van der Waals surface area contributed by atoms with Gasteiger partial charge < -0.3 is 15.2 Å². The van der Waals surface area contributed by atoms with Crippen LogP contribution >= 0.6 is 0 Å². The molecule has 1 amide bonds. The van der Waals surface area contributed by atoms with E-state index in [-0.39, 0.29) is 25.2 Å². The van der Waals surface area contributed by atoms with Gasteiger partial charge in [-0.2, -0.15) is 0 Å². The van der Waals surface area contributed by atoms with Crippen LogP contribution in [0.4, 0.5) is 0 Å². The van der Waals surface area contributed by atoms with Crippen LogP contribution in [-0.4, -0.2) is 36.2 Å². The molecule has 0 radical (unpaired) electrons. The Morgan fingerprint density at radius 1 is 1.24 bits per heavy atom. The minimum Gasteiger partial charge on any atom is -0.481 e. The molecule has 0 aromatic rings. The standard InChI is InChI=1S/C16H29NO4/c1-4-16(5-2,15(19)20)11-17-14(18)10-21-13-9-7-6-8-12(13)3/h12-13H,4-11H2,1-3H3,(H,17,18)(H,19,20). The number of carbonyl (C=O) groups is 2. The van der Waals surface area contributed by atoms with E-state index >= 15 is 0 Å². The lowest BCUT2D eigenvalue weighted by Gasteiger charge is -2.29. The smallest absolute Gasteiger partial charge is 0.311 e. The highest BCUT2D eigenvalue weighted by molar-refractivity contribution is 5.79. The fourth-order valence-corrected chi connectivity index (χ4v) is 2.91. The number of amides is 1. The monoisotopic (exact) mass is 299 g/mol. The van der Waals surface area contributed by atoms with E-state index in [0.717, 1.165) is 19.3 Å². The van der Waals surface area contributed by atoms with E-state index in [2.05, 4.69) is 12.2 Å². The first kappa shape index (κ1) is 18.0. The van der Waals surface area contributed by atoms with Crippen LogP contribution in [0, 0.1) is 11.3 Å². The molecule has 0 saturated heterocycles. The van der Waals surface area contributed by atoms with Gasteiger partial charge in [0, 0.05) is 6.54 Å². The van der Waals surface area contributed by atoms with Gasteiger partial charge in [0.15, 0.2) is 0 Å². The van der Waals surface area contributed by atoms with Crippen molar-refractivity contribution in [3.63, 3.8) is 0 Å². The van der Waals surface area contributed by atoms with Crippen LogP contribution in [-0.2, 0) is 14.3 Å². The molecule has 1 fully saturated rings. The summed E-state index contributed by atoms with van der Waals surface area (Å²) in [6, 6.07) is 0. The Labute approximate surface area is 127 Å². The number of carbonyl (C=O) groups excluding carboxylic acids is 1. The Bertz CT molecular complexity index is 352. The topological polar surface area (TPSA) is 75.6 Å². The van der Waals surface area contributed by atoms with Crippen LogP contribution in [0.5, 0.6) is 0 Å². The SMILES string of the molecule is CCC(CC)(CNC(=O)COC1CCCCC1C)C(=O)O. The first-order valence-corrected chi connectivity index (χ1v) is 8.07. The van der Waals surface area contributed by atoms with Crippen molar-refractivity contribution in [1.29, 1.82) is 0 Å². The highest BCUT2D eigenvalue weighted by Gasteiger charge is 2.35. The molecule has 1 aliphatic carbocycles. The van der Waals surface area contributed by atoms with Crippen molar-refractivity contribution in [3.8, 4) is 0 Å². The van der Waals surface area contributed by atoms with Crippen molar-refractivity contribution < 1.29 is 19.4 Å². The minimum atomic E-state index is -0.867. The summed E-state index contributed by atoms with van der Waals surface area (Å²) in [4.78, 5) is 23.2. The maximum atomic E-state index is 11.9. The van der Waals surface area contributed by atoms with Crippen molar-refractivity contribution in [1.82, 2.24) is 5.32 Å². The van der Waals surface area contributed by atoms with Crippen molar-refractivity contribution in [2.24, 2.45) is 11.3 Å². The molecule has 5 nitrogen and oxygen atoms in total. The second-order valence-corrected chi connectivity index (χ2v) is 6.18. The summed E-state index contributed by atoms with van der Waals surface area (Å²) in [6.45, 7) is 6.02. The van der Waals surface area contributed by atoms with E-state index in [0.29, 0.717) is 18.8 Å². The Morgan fingerprint density at radius 2 is 1.86 bits per heavy atom. The van der Waals surface area contributed by atoms with Crippen LogP contribution in [0.15, 0.2) is 0 Å². The van der Waals surface area contributed by atoms with Crippen LogP contribution < -0.4 is 5.32 Å². The molecular weight excluding hydrogens is 270 g/mol. The van der Waals surface area contributed by atoms with Crippen molar-refractivity contribution >= 4 is 11.9 Å². The van der Waals surface area contributed by atoms with E-state index in [9.17, 15) is 14.7 Å². The predicted octanol–water partition coefficient (Wildman–Crippen LogP) is 2.59. The number of nitrogens with one attached hydrogen (secondary N) is 1. The summed E-state index contributed by atoms with van der Waals surface area (Å²) in [6.07, 6.45) is 5.72. The molecule has 1 saturated carbocycles. The zero-order valence-corrected chi connectivity index (χ0v) is 13.5. The molecule has 0 spiro atoms. The zero-order valence-electron chi connectivity index (χ0n) is 13.5. The molecule has 2 N–H and O–H groups in total. The third kappa shape index (κ3) is 4.99. The molecular formula is C16H29NO4. The Balaban J connectivity index is 2.37. The number of hydrogen-bond acceptors (Lipinski definition) is 3. The molecule has 0 bridgehead atoms. The van der Waals surface area contributed by atoms with Crippen molar-refractivity contribution in [2.45, 2.75) is 65.4 Å². The average molecular weight is 299 g/mol. The van der Waals surface area contributed by atoms with Crippen LogP contribution in [0.25, 0.3) is 0 Å². The normalized spacial score (nSPS) is 22.8. The molecule has 0 heterocycles. The lowest BCUT2D eigenvalue weighted by molar-refractivity contribution is -0.149. The second-order valence-electron chi connectivity index (χ2n) is 6.18. The maximum Gasteiger partial charge on any atom is 0.311 e. The minimum absolute atomic E-state index is 0.0259. The van der Waals surface area contributed by atoms with E-state index < -0.39 is 11.4 Å². The van der Waals surface area contributed by atoms with Gasteiger partial charge in [-0.25, -0.2) is 0 Å². The Hall–Kier alpha value is -1.10. The van der Waals surface area contributed by atoms with Crippen molar-refractivity contribution in [3.05, 3.63) is 0 Å². The number of ether oxygens (including phenoxy) is 1. The first-order valence-electron chi connectivity index (χ1n) is 8.07. The summed E-state index contributed by atoms with van der Waals surface area (Å²) in [7, 11) is 0. The summed E-state index contributed by atoms with van der Waals surface area (Å²) < 4.78 is 5.69. The largest absolute Gasteiger partial charge is 0.481 e. The van der Waals surface area contributed by atoms with Crippen LogP contribution in [0.3, 0.4) is 0 Å². The van der Waals surface area contributed by atoms with E-state index in [1.54, 1.807) is 0 Å². The van der Waals surface area contributed by atoms with Crippen LogP contribution in [0.1, 0.15) is 59.3 Å². The van der Waals surface area contributed by atoms with Gasteiger partial charge in [-0.3, -0.25) is 9.59 Å². The molecule has 1 rings (SSSR count). The lowest BCUT2D eigenvalue weighted by Crippen LogP contribution is -2.44. The zero-order chi connectivity index (χ0) is 15.9. The number of carboxylic acids is 1. The summed E-state index contributed by atoms with van der Waals surface area (Å²) >= 11 is 0. The molecule has 1 aliphatic rings. The Morgan fingerprint density at radius 3 is 2.38 bits per heavy atom. The third-order valence-corrected chi connectivity index (χ3v) is 4.89. The summed E-state index contributed by atoms with van der Waals surface area (Å²) in [5.74, 6) is -0.578. The van der Waals surface area contributed by atoms with Gasteiger partial charge in [0.05, 0.1) is 11.5 Å². The predicted molar refractivity (Wildman–Crippen MR) is 81.0 cm³/mol. The lowest BCUT2D eigenvalue weighted by atomic mass is 9.82. The fraction of sp³-hybridized carbons (Fsp3) is 0.875. The van der Waals surface area contributed by atoms with Gasteiger partial charge in [0.25, 0.3) is 0 Å². The van der Waals surface area contributed by atoms with Gasteiger partial charge >= 0.3 is 5.97 Å².